The van der Waals surface area contributed by atoms with Crippen LogP contribution >= 0.6 is 0 Å². The summed E-state index contributed by atoms with van der Waals surface area (Å²) in [4.78, 5) is 22.9. The van der Waals surface area contributed by atoms with Gasteiger partial charge < -0.3 is 9.36 Å². The second kappa shape index (κ2) is 5.40. The quantitative estimate of drug-likeness (QED) is 0.474. The number of ketones is 1. The lowest BCUT2D eigenvalue weighted by Crippen LogP contribution is -2.16. The predicted octanol–water partition coefficient (Wildman–Crippen LogP) is 2.74. The highest BCUT2D eigenvalue weighted by Gasteiger charge is 2.26. The molecule has 1 aliphatic rings. The molecule has 0 radical (unpaired) electrons. The van der Waals surface area contributed by atoms with Gasteiger partial charge in [0.05, 0.1) is 6.07 Å². The van der Waals surface area contributed by atoms with Gasteiger partial charge in [-0.05, 0) is 32.8 Å². The fourth-order valence-electron chi connectivity index (χ4n) is 3.07. The van der Waals surface area contributed by atoms with E-state index < -0.39 is 5.92 Å². The van der Waals surface area contributed by atoms with E-state index in [1.54, 1.807) is 6.07 Å². The Morgan fingerprint density at radius 2 is 2.11 bits per heavy atom. The molecule has 1 unspecified atom stereocenters. The van der Waals surface area contributed by atoms with Gasteiger partial charge in [0, 0.05) is 23.0 Å². The minimum absolute atomic E-state index is 0.380. The molecule has 19 heavy (non-hydrogen) atoms. The van der Waals surface area contributed by atoms with Gasteiger partial charge >= 0.3 is 0 Å². The summed E-state index contributed by atoms with van der Waals surface area (Å²) in [6.45, 7) is 3.88. The number of hydrogen-bond donors (Lipinski definition) is 0. The Kier molecular flexibility index (Phi) is 3.84. The Morgan fingerprint density at radius 1 is 1.47 bits per heavy atom. The Labute approximate surface area is 113 Å². The molecule has 2 rings (SSSR count). The van der Waals surface area contributed by atoms with Gasteiger partial charge in [-0.1, -0.05) is 12.8 Å². The molecule has 0 N–H and O–H groups in total. The number of Topliss-reactive ketones (excluding diaryl/α,β-unsaturated/α-hetero) is 1. The summed E-state index contributed by atoms with van der Waals surface area (Å²) in [6.07, 6.45) is 5.14. The van der Waals surface area contributed by atoms with E-state index in [0.717, 1.165) is 24.2 Å². The molecule has 100 valence electrons. The summed E-state index contributed by atoms with van der Waals surface area (Å²) in [5, 5.41) is 8.83. The number of carbonyl (C=O) groups excluding carboxylic acids is 2. The number of carbonyl (C=O) groups is 2. The highest BCUT2D eigenvalue weighted by atomic mass is 16.1. The fraction of sp³-hybridized carbons (Fsp3) is 0.533. The van der Waals surface area contributed by atoms with Crippen molar-refractivity contribution in [3.05, 3.63) is 23.0 Å². The number of nitrogens with zero attached hydrogens (tertiary/aromatic N) is 2. The van der Waals surface area contributed by atoms with Gasteiger partial charge in [0.15, 0.2) is 11.7 Å². The first-order valence-corrected chi connectivity index (χ1v) is 6.67. The van der Waals surface area contributed by atoms with Gasteiger partial charge in [0.25, 0.3) is 0 Å². The number of nitriles is 1. The van der Waals surface area contributed by atoms with E-state index in [2.05, 4.69) is 4.57 Å². The topological polar surface area (TPSA) is 62.9 Å². The predicted molar refractivity (Wildman–Crippen MR) is 70.9 cm³/mol. The summed E-state index contributed by atoms with van der Waals surface area (Å²) in [5.74, 6) is -1.56. The van der Waals surface area contributed by atoms with Gasteiger partial charge in [0.2, 0.25) is 0 Å². The molecular weight excluding hydrogens is 240 g/mol. The first-order chi connectivity index (χ1) is 9.10. The van der Waals surface area contributed by atoms with E-state index in [-0.39, 0.29) is 5.78 Å². The number of aromatic nitrogens is 1. The molecule has 1 aromatic heterocycles. The van der Waals surface area contributed by atoms with Crippen LogP contribution in [0.5, 0.6) is 0 Å². The van der Waals surface area contributed by atoms with Crippen molar-refractivity contribution in [1.82, 2.24) is 4.57 Å². The second-order valence-electron chi connectivity index (χ2n) is 5.20. The van der Waals surface area contributed by atoms with Crippen molar-refractivity contribution < 1.29 is 9.59 Å². The third-order valence-corrected chi connectivity index (χ3v) is 4.00. The summed E-state index contributed by atoms with van der Waals surface area (Å²) >= 11 is 0. The Balaban J connectivity index is 2.38. The minimum Gasteiger partial charge on any atom is -0.345 e. The molecule has 0 saturated heterocycles. The van der Waals surface area contributed by atoms with Crippen molar-refractivity contribution in [3.63, 3.8) is 0 Å². The van der Waals surface area contributed by atoms with Crippen molar-refractivity contribution in [2.45, 2.75) is 45.6 Å². The molecule has 4 heteroatoms. The lowest BCUT2D eigenvalue weighted by molar-refractivity contribution is -0.108. The fourth-order valence-corrected chi connectivity index (χ4v) is 3.07. The largest absolute Gasteiger partial charge is 0.345 e. The number of rotatable bonds is 4. The zero-order chi connectivity index (χ0) is 14.0. The van der Waals surface area contributed by atoms with Crippen LogP contribution in [0.2, 0.25) is 0 Å². The lowest BCUT2D eigenvalue weighted by Gasteiger charge is -2.17. The minimum atomic E-state index is -1.18. The molecule has 4 nitrogen and oxygen atoms in total. The molecule has 1 saturated carbocycles. The first kappa shape index (κ1) is 13.5. The summed E-state index contributed by atoms with van der Waals surface area (Å²) in [6, 6.07) is 4.01. The zero-order valence-electron chi connectivity index (χ0n) is 11.3. The number of hydrogen-bond acceptors (Lipinski definition) is 3. The maximum Gasteiger partial charge on any atom is 0.189 e. The third kappa shape index (κ3) is 2.33. The normalized spacial score (nSPS) is 17.1. The molecule has 1 atom stereocenters. The van der Waals surface area contributed by atoms with Crippen LogP contribution in [0, 0.1) is 31.1 Å². The van der Waals surface area contributed by atoms with E-state index in [1.165, 1.54) is 12.8 Å². The summed E-state index contributed by atoms with van der Waals surface area (Å²) in [7, 11) is 0. The Hall–Kier alpha value is -1.89. The first-order valence-electron chi connectivity index (χ1n) is 6.67. The molecule has 0 aliphatic heterocycles. The monoisotopic (exact) mass is 258 g/mol. The van der Waals surface area contributed by atoms with E-state index in [9.17, 15) is 9.59 Å². The second-order valence-corrected chi connectivity index (χ2v) is 5.20. The van der Waals surface area contributed by atoms with Crippen molar-refractivity contribution >= 4 is 12.1 Å². The van der Waals surface area contributed by atoms with Crippen LogP contribution in [0.15, 0.2) is 6.07 Å². The van der Waals surface area contributed by atoms with Crippen molar-refractivity contribution in [3.8, 4) is 6.07 Å². The Bertz CT molecular complexity index is 545. The highest BCUT2D eigenvalue weighted by molar-refractivity contribution is 6.08. The molecule has 0 bridgehead atoms. The SMILES string of the molecule is Cc1cc(C(=O)C(C#N)C=O)c(C)n1C1CCCC1. The molecule has 0 aromatic carbocycles. The molecule has 1 heterocycles. The van der Waals surface area contributed by atoms with Gasteiger partial charge in [0.1, 0.15) is 6.29 Å². The summed E-state index contributed by atoms with van der Waals surface area (Å²) in [5.41, 5.74) is 2.44. The van der Waals surface area contributed by atoms with E-state index in [1.807, 2.05) is 19.9 Å². The van der Waals surface area contributed by atoms with E-state index in [4.69, 9.17) is 5.26 Å². The number of aldehydes is 1. The van der Waals surface area contributed by atoms with Crippen LogP contribution in [0.1, 0.15) is 53.5 Å². The van der Waals surface area contributed by atoms with Crippen LogP contribution in [-0.4, -0.2) is 16.6 Å². The van der Waals surface area contributed by atoms with Crippen LogP contribution in [0.3, 0.4) is 0 Å². The van der Waals surface area contributed by atoms with Crippen molar-refractivity contribution in [1.29, 1.82) is 5.26 Å². The molecule has 1 aliphatic carbocycles. The van der Waals surface area contributed by atoms with Gasteiger partial charge in [-0.15, -0.1) is 0 Å². The average Bonchev–Trinajstić information content (AvgIpc) is 2.99. The van der Waals surface area contributed by atoms with Crippen molar-refractivity contribution in [2.24, 2.45) is 5.92 Å². The van der Waals surface area contributed by atoms with Crippen LogP contribution in [0.4, 0.5) is 0 Å². The maximum atomic E-state index is 12.1. The Morgan fingerprint density at radius 3 is 2.63 bits per heavy atom. The maximum absolute atomic E-state index is 12.1. The van der Waals surface area contributed by atoms with E-state index in [0.29, 0.717) is 17.9 Å². The van der Waals surface area contributed by atoms with Crippen molar-refractivity contribution in [2.75, 3.05) is 0 Å². The van der Waals surface area contributed by atoms with Gasteiger partial charge in [-0.25, -0.2) is 0 Å². The van der Waals surface area contributed by atoms with Crippen LogP contribution in [-0.2, 0) is 4.79 Å². The van der Waals surface area contributed by atoms with Gasteiger partial charge in [-0.2, -0.15) is 5.26 Å². The summed E-state index contributed by atoms with van der Waals surface area (Å²) < 4.78 is 2.19. The molecular formula is C15H18N2O2. The molecule has 1 fully saturated rings. The average molecular weight is 258 g/mol. The molecule has 0 amide bonds. The molecule has 0 spiro atoms. The standard InChI is InChI=1S/C15H18N2O2/c1-10-7-14(15(19)12(8-16)9-18)11(2)17(10)13-5-3-4-6-13/h7,9,12-13H,3-6H2,1-2H3. The highest BCUT2D eigenvalue weighted by Crippen LogP contribution is 2.33. The molecule has 1 aromatic rings. The smallest absolute Gasteiger partial charge is 0.189 e. The van der Waals surface area contributed by atoms with Gasteiger partial charge in [-0.3, -0.25) is 4.79 Å². The number of aryl methyl sites for hydroxylation is 1. The van der Waals surface area contributed by atoms with Crippen LogP contribution in [0.25, 0.3) is 0 Å². The third-order valence-electron chi connectivity index (χ3n) is 4.00. The lowest BCUT2D eigenvalue weighted by atomic mass is 10.0. The zero-order valence-corrected chi connectivity index (χ0v) is 11.3. The van der Waals surface area contributed by atoms with E-state index >= 15 is 0 Å². The van der Waals surface area contributed by atoms with Crippen LogP contribution < -0.4 is 0 Å².